The van der Waals surface area contributed by atoms with Gasteiger partial charge in [0.1, 0.15) is 34.6 Å². The minimum Gasteiger partial charge on any atom is -0.429 e. The van der Waals surface area contributed by atoms with Crippen molar-refractivity contribution < 1.29 is 35.8 Å². The molecule has 0 radical (unpaired) electrons. The zero-order chi connectivity index (χ0) is 25.3. The minimum atomic E-state index is -4.51. The van der Waals surface area contributed by atoms with Crippen molar-refractivity contribution in [1.82, 2.24) is 0 Å². The van der Waals surface area contributed by atoms with E-state index in [1.165, 1.54) is 0 Å². The molecule has 0 aliphatic carbocycles. The van der Waals surface area contributed by atoms with E-state index in [0.29, 0.717) is 17.7 Å². The third kappa shape index (κ3) is 5.32. The van der Waals surface area contributed by atoms with Crippen LogP contribution in [-0.4, -0.2) is 6.10 Å². The zero-order valence-electron chi connectivity index (χ0n) is 19.2. The molecule has 3 aromatic carbocycles. The van der Waals surface area contributed by atoms with Gasteiger partial charge < -0.3 is 9.47 Å². The Hall–Kier alpha value is -3.00. The quantitative estimate of drug-likeness (QED) is 0.307. The first-order chi connectivity index (χ1) is 16.6. The molecule has 8 heteroatoms. The highest BCUT2D eigenvalue weighted by Gasteiger charge is 2.41. The molecular formula is C27H24F6O2. The first-order valence-electron chi connectivity index (χ1n) is 11.4. The molecule has 2 unspecified atom stereocenters. The van der Waals surface area contributed by atoms with E-state index in [2.05, 4.69) is 11.7 Å². The Morgan fingerprint density at radius 1 is 0.857 bits per heavy atom. The highest BCUT2D eigenvalue weighted by atomic mass is 19.3. The zero-order valence-corrected chi connectivity index (χ0v) is 19.2. The lowest BCUT2D eigenvalue weighted by molar-refractivity contribution is -0.189. The normalized spacial score (nSPS) is 18.2. The summed E-state index contributed by atoms with van der Waals surface area (Å²) in [7, 11) is 0. The second-order valence-electron chi connectivity index (χ2n) is 8.68. The molecule has 4 rings (SSSR count). The van der Waals surface area contributed by atoms with Gasteiger partial charge in [-0.1, -0.05) is 37.6 Å². The van der Waals surface area contributed by atoms with Gasteiger partial charge in [-0.25, -0.2) is 17.6 Å². The summed E-state index contributed by atoms with van der Waals surface area (Å²) in [6.45, 7) is 3.21. The molecule has 2 atom stereocenters. The van der Waals surface area contributed by atoms with E-state index in [9.17, 15) is 26.3 Å². The third-order valence-corrected chi connectivity index (χ3v) is 6.17. The van der Waals surface area contributed by atoms with Crippen LogP contribution in [0.5, 0.6) is 5.75 Å². The van der Waals surface area contributed by atoms with Crippen LogP contribution in [0.1, 0.15) is 55.4 Å². The Kier molecular flexibility index (Phi) is 7.12. The van der Waals surface area contributed by atoms with E-state index in [4.69, 9.17) is 4.74 Å². The fraction of sp³-hybridized carbons (Fsp3) is 0.333. The van der Waals surface area contributed by atoms with Gasteiger partial charge in [0.25, 0.3) is 0 Å². The van der Waals surface area contributed by atoms with Crippen LogP contribution in [0.25, 0.3) is 11.1 Å². The maximum Gasteiger partial charge on any atom is 0.432 e. The van der Waals surface area contributed by atoms with E-state index in [1.807, 2.05) is 0 Å². The maximum absolute atomic E-state index is 14.7. The average Bonchev–Trinajstić information content (AvgIpc) is 3.25. The van der Waals surface area contributed by atoms with Gasteiger partial charge in [0, 0.05) is 17.7 Å². The van der Waals surface area contributed by atoms with Crippen LogP contribution < -0.4 is 4.74 Å². The van der Waals surface area contributed by atoms with E-state index in [-0.39, 0.29) is 17.8 Å². The Labute approximate surface area is 199 Å². The molecule has 1 fully saturated rings. The van der Waals surface area contributed by atoms with Crippen molar-refractivity contribution in [3.05, 3.63) is 88.5 Å². The van der Waals surface area contributed by atoms with Crippen LogP contribution in [0, 0.1) is 30.2 Å². The SMILES string of the molecule is CCCC1CCC(c2ccc(-c3cc(F)c(C(F)(F)Oc4cc(F)c(C)c(F)c4)c(F)c3)cc2)O1. The van der Waals surface area contributed by atoms with Crippen molar-refractivity contribution in [3.63, 3.8) is 0 Å². The Morgan fingerprint density at radius 3 is 2.03 bits per heavy atom. The molecule has 3 aromatic rings. The molecule has 0 N–H and O–H groups in total. The van der Waals surface area contributed by atoms with E-state index >= 15 is 0 Å². The highest BCUT2D eigenvalue weighted by Crippen LogP contribution is 2.39. The van der Waals surface area contributed by atoms with Crippen molar-refractivity contribution in [1.29, 1.82) is 0 Å². The van der Waals surface area contributed by atoms with Gasteiger partial charge in [-0.05, 0) is 55.0 Å². The number of hydrogen-bond acceptors (Lipinski definition) is 2. The van der Waals surface area contributed by atoms with E-state index < -0.39 is 46.3 Å². The first-order valence-corrected chi connectivity index (χ1v) is 11.4. The molecule has 1 aliphatic heterocycles. The predicted molar refractivity (Wildman–Crippen MR) is 119 cm³/mol. The summed E-state index contributed by atoms with van der Waals surface area (Å²) in [4.78, 5) is 0. The number of benzene rings is 3. The van der Waals surface area contributed by atoms with Crippen molar-refractivity contribution in [2.45, 2.75) is 57.8 Å². The maximum atomic E-state index is 14.7. The van der Waals surface area contributed by atoms with Gasteiger partial charge in [0.2, 0.25) is 0 Å². The van der Waals surface area contributed by atoms with Gasteiger partial charge in [-0.15, -0.1) is 0 Å². The van der Waals surface area contributed by atoms with Crippen LogP contribution in [0.3, 0.4) is 0 Å². The summed E-state index contributed by atoms with van der Waals surface area (Å²) >= 11 is 0. The molecule has 1 saturated heterocycles. The molecule has 0 bridgehead atoms. The summed E-state index contributed by atoms with van der Waals surface area (Å²) in [5.41, 5.74) is -0.639. The van der Waals surface area contributed by atoms with Crippen LogP contribution in [0.4, 0.5) is 26.3 Å². The molecule has 0 spiro atoms. The summed E-state index contributed by atoms with van der Waals surface area (Å²) in [5.74, 6) is -6.25. The lowest BCUT2D eigenvalue weighted by Gasteiger charge is -2.20. The second kappa shape index (κ2) is 9.93. The number of hydrogen-bond donors (Lipinski definition) is 0. The molecule has 0 saturated carbocycles. The Morgan fingerprint density at radius 2 is 1.46 bits per heavy atom. The lowest BCUT2D eigenvalue weighted by Crippen LogP contribution is -2.25. The summed E-state index contributed by atoms with van der Waals surface area (Å²) in [6, 6.07) is 9.45. The van der Waals surface area contributed by atoms with Gasteiger partial charge >= 0.3 is 6.11 Å². The molecule has 1 aliphatic rings. The largest absolute Gasteiger partial charge is 0.432 e. The molecule has 186 valence electrons. The fourth-order valence-corrected chi connectivity index (χ4v) is 4.27. The Balaban J connectivity index is 1.55. The summed E-state index contributed by atoms with van der Waals surface area (Å²) in [6.07, 6.45) is -0.476. The topological polar surface area (TPSA) is 18.5 Å². The van der Waals surface area contributed by atoms with Crippen LogP contribution in [0.2, 0.25) is 0 Å². The standard InChI is InChI=1S/C27H24F6O2/c1-3-4-19-9-10-25(34-19)17-7-5-16(6-8-17)18-11-23(30)26(24(31)12-18)27(32,33)35-20-13-21(28)15(2)22(29)14-20/h5-8,11-14,19,25H,3-4,9-10H2,1-2H3. The lowest BCUT2D eigenvalue weighted by atomic mass is 9.99. The van der Waals surface area contributed by atoms with E-state index in [1.54, 1.807) is 24.3 Å². The van der Waals surface area contributed by atoms with Crippen molar-refractivity contribution >= 4 is 0 Å². The van der Waals surface area contributed by atoms with E-state index in [0.717, 1.165) is 50.3 Å². The first kappa shape index (κ1) is 25.1. The van der Waals surface area contributed by atoms with Gasteiger partial charge in [-0.2, -0.15) is 8.78 Å². The monoisotopic (exact) mass is 494 g/mol. The van der Waals surface area contributed by atoms with Gasteiger partial charge in [0.05, 0.1) is 12.2 Å². The van der Waals surface area contributed by atoms with Crippen LogP contribution >= 0.6 is 0 Å². The third-order valence-electron chi connectivity index (χ3n) is 6.17. The van der Waals surface area contributed by atoms with Crippen molar-refractivity contribution in [2.75, 3.05) is 0 Å². The van der Waals surface area contributed by atoms with Crippen LogP contribution in [-0.2, 0) is 10.8 Å². The smallest absolute Gasteiger partial charge is 0.429 e. The molecule has 2 nitrogen and oxygen atoms in total. The highest BCUT2D eigenvalue weighted by molar-refractivity contribution is 5.64. The van der Waals surface area contributed by atoms with Crippen LogP contribution in [0.15, 0.2) is 48.5 Å². The summed E-state index contributed by atoms with van der Waals surface area (Å²) < 4.78 is 96.3. The second-order valence-corrected chi connectivity index (χ2v) is 8.68. The molecular weight excluding hydrogens is 470 g/mol. The number of alkyl halides is 2. The Bertz CT molecular complexity index is 1160. The van der Waals surface area contributed by atoms with Gasteiger partial charge in [0.15, 0.2) is 0 Å². The van der Waals surface area contributed by atoms with Crippen molar-refractivity contribution in [2.24, 2.45) is 0 Å². The molecule has 0 amide bonds. The minimum absolute atomic E-state index is 0.0507. The average molecular weight is 494 g/mol. The molecule has 1 heterocycles. The van der Waals surface area contributed by atoms with Crippen molar-refractivity contribution in [3.8, 4) is 16.9 Å². The number of ether oxygens (including phenoxy) is 2. The predicted octanol–water partition coefficient (Wildman–Crippen LogP) is 8.37. The fourth-order valence-electron chi connectivity index (χ4n) is 4.27. The molecule has 35 heavy (non-hydrogen) atoms. The number of halogens is 6. The van der Waals surface area contributed by atoms with Gasteiger partial charge in [-0.3, -0.25) is 0 Å². The summed E-state index contributed by atoms with van der Waals surface area (Å²) in [5, 5.41) is 0. The molecule has 0 aromatic heterocycles. The number of rotatable bonds is 7.